The van der Waals surface area contributed by atoms with E-state index in [-0.39, 0.29) is 17.6 Å². The molecule has 0 aliphatic heterocycles. The van der Waals surface area contributed by atoms with E-state index in [1.807, 2.05) is 25.1 Å². The van der Waals surface area contributed by atoms with Gasteiger partial charge in [0.25, 0.3) is 5.91 Å². The second kappa shape index (κ2) is 14.2. The molecule has 0 aliphatic carbocycles. The van der Waals surface area contributed by atoms with Crippen LogP contribution in [0.1, 0.15) is 94.2 Å². The third kappa shape index (κ3) is 9.64. The number of hydrazone groups is 1. The Kier molecular flexibility index (Phi) is 11.1. The third-order valence-corrected chi connectivity index (χ3v) is 5.14. The molecule has 0 fully saturated rings. The van der Waals surface area contributed by atoms with Crippen LogP contribution in [0.2, 0.25) is 0 Å². The molecule has 6 nitrogen and oxygen atoms in total. The lowest BCUT2D eigenvalue weighted by Gasteiger charge is -2.07. The highest BCUT2D eigenvalue weighted by Crippen LogP contribution is 2.14. The number of hydrogen-bond acceptors (Lipinski definition) is 4. The van der Waals surface area contributed by atoms with Crippen LogP contribution in [0.3, 0.4) is 0 Å². The number of furan rings is 1. The van der Waals surface area contributed by atoms with Gasteiger partial charge in [0.2, 0.25) is 5.91 Å². The summed E-state index contributed by atoms with van der Waals surface area (Å²) < 4.78 is 5.10. The monoisotopic (exact) mass is 425 g/mol. The largest absolute Gasteiger partial charge is 0.459 e. The molecular formula is C25H35N3O3. The molecule has 0 radical (unpaired) electrons. The number of carbonyl (C=O) groups excluding carboxylic acids is 2. The minimum absolute atomic E-state index is 0.0652. The number of amides is 2. The van der Waals surface area contributed by atoms with Gasteiger partial charge in [-0.25, -0.2) is 5.43 Å². The number of benzene rings is 1. The van der Waals surface area contributed by atoms with Crippen LogP contribution in [-0.4, -0.2) is 17.5 Å². The Bertz CT molecular complexity index is 828. The zero-order valence-corrected chi connectivity index (χ0v) is 18.8. The second-order valence-electron chi connectivity index (χ2n) is 7.82. The number of anilines is 1. The molecule has 31 heavy (non-hydrogen) atoms. The first-order valence-corrected chi connectivity index (χ1v) is 11.4. The van der Waals surface area contributed by atoms with Crippen molar-refractivity contribution in [1.82, 2.24) is 5.43 Å². The minimum atomic E-state index is -0.314. The molecule has 0 atom stereocenters. The number of nitrogens with one attached hydrogen (secondary N) is 2. The third-order valence-electron chi connectivity index (χ3n) is 5.14. The molecule has 0 aliphatic rings. The molecule has 0 saturated carbocycles. The highest BCUT2D eigenvalue weighted by atomic mass is 16.3. The van der Waals surface area contributed by atoms with Gasteiger partial charge in [0.05, 0.1) is 12.0 Å². The lowest BCUT2D eigenvalue weighted by molar-refractivity contribution is -0.121. The van der Waals surface area contributed by atoms with Crippen LogP contribution >= 0.6 is 0 Å². The molecule has 6 heteroatoms. The van der Waals surface area contributed by atoms with Crippen molar-refractivity contribution in [2.24, 2.45) is 5.10 Å². The Hall–Kier alpha value is -2.89. The first-order chi connectivity index (χ1) is 15.1. The number of carbonyl (C=O) groups is 2. The molecule has 0 bridgehead atoms. The van der Waals surface area contributed by atoms with E-state index >= 15 is 0 Å². The fourth-order valence-corrected chi connectivity index (χ4v) is 3.29. The molecule has 0 unspecified atom stereocenters. The summed E-state index contributed by atoms with van der Waals surface area (Å²) in [6, 6.07) is 10.6. The van der Waals surface area contributed by atoms with Gasteiger partial charge in [-0.3, -0.25) is 9.59 Å². The van der Waals surface area contributed by atoms with Crippen LogP contribution in [-0.2, 0) is 4.79 Å². The molecule has 0 spiro atoms. The standard InChI is InChI=1S/C25H35N3O3/c1-3-4-5-6-7-8-9-10-11-17-24(29)28-27-20(2)21-14-12-15-22(19-21)26-25(30)23-16-13-18-31-23/h12-16,18-19H,3-11,17H2,1-2H3,(H,26,30)(H,28,29). The van der Waals surface area contributed by atoms with Crippen LogP contribution in [0.5, 0.6) is 0 Å². The Labute approximate surface area is 185 Å². The normalized spacial score (nSPS) is 11.4. The van der Waals surface area contributed by atoms with E-state index in [1.165, 1.54) is 51.2 Å². The van der Waals surface area contributed by atoms with E-state index in [0.717, 1.165) is 18.4 Å². The molecular weight excluding hydrogens is 390 g/mol. The van der Waals surface area contributed by atoms with E-state index in [2.05, 4.69) is 22.8 Å². The van der Waals surface area contributed by atoms with Crippen molar-refractivity contribution in [3.8, 4) is 0 Å². The molecule has 1 aromatic carbocycles. The maximum Gasteiger partial charge on any atom is 0.291 e. The number of nitrogens with zero attached hydrogens (tertiary/aromatic N) is 1. The van der Waals surface area contributed by atoms with Gasteiger partial charge in [-0.05, 0) is 43.2 Å². The lowest BCUT2D eigenvalue weighted by Crippen LogP contribution is -2.19. The number of rotatable bonds is 14. The quantitative estimate of drug-likeness (QED) is 0.212. The topological polar surface area (TPSA) is 83.7 Å². The predicted molar refractivity (Wildman–Crippen MR) is 125 cm³/mol. The second-order valence-corrected chi connectivity index (χ2v) is 7.82. The zero-order chi connectivity index (χ0) is 22.3. The smallest absolute Gasteiger partial charge is 0.291 e. The Balaban J connectivity index is 1.69. The van der Waals surface area contributed by atoms with Crippen LogP contribution in [0.25, 0.3) is 0 Å². The zero-order valence-electron chi connectivity index (χ0n) is 18.8. The highest BCUT2D eigenvalue weighted by molar-refractivity contribution is 6.04. The molecule has 2 N–H and O–H groups in total. The van der Waals surface area contributed by atoms with Gasteiger partial charge in [-0.1, -0.05) is 70.4 Å². The predicted octanol–water partition coefficient (Wildman–Crippen LogP) is 6.29. The van der Waals surface area contributed by atoms with Gasteiger partial charge in [0.1, 0.15) is 0 Å². The van der Waals surface area contributed by atoms with Crippen LogP contribution < -0.4 is 10.7 Å². The fourth-order valence-electron chi connectivity index (χ4n) is 3.29. The van der Waals surface area contributed by atoms with Gasteiger partial charge in [0, 0.05) is 12.1 Å². The van der Waals surface area contributed by atoms with Crippen molar-refractivity contribution in [3.63, 3.8) is 0 Å². The van der Waals surface area contributed by atoms with Crippen LogP contribution in [0.15, 0.2) is 52.2 Å². The van der Waals surface area contributed by atoms with Gasteiger partial charge < -0.3 is 9.73 Å². The van der Waals surface area contributed by atoms with E-state index in [4.69, 9.17) is 4.42 Å². The Morgan fingerprint density at radius 1 is 0.935 bits per heavy atom. The minimum Gasteiger partial charge on any atom is -0.459 e. The van der Waals surface area contributed by atoms with Crippen molar-refractivity contribution in [3.05, 3.63) is 54.0 Å². The first-order valence-electron chi connectivity index (χ1n) is 11.4. The van der Waals surface area contributed by atoms with Crippen molar-refractivity contribution in [2.75, 3.05) is 5.32 Å². The molecule has 1 heterocycles. The van der Waals surface area contributed by atoms with E-state index in [1.54, 1.807) is 18.2 Å². The summed E-state index contributed by atoms with van der Waals surface area (Å²) in [4.78, 5) is 24.1. The summed E-state index contributed by atoms with van der Waals surface area (Å²) in [7, 11) is 0. The molecule has 0 saturated heterocycles. The average molecular weight is 426 g/mol. The summed E-state index contributed by atoms with van der Waals surface area (Å²) >= 11 is 0. The van der Waals surface area contributed by atoms with Gasteiger partial charge in [0.15, 0.2) is 5.76 Å². The summed E-state index contributed by atoms with van der Waals surface area (Å²) in [5, 5.41) is 7.00. The molecule has 1 aromatic heterocycles. The number of unbranched alkanes of at least 4 members (excludes halogenated alkanes) is 8. The van der Waals surface area contributed by atoms with Crippen molar-refractivity contribution in [2.45, 2.75) is 78.1 Å². The van der Waals surface area contributed by atoms with E-state index in [0.29, 0.717) is 17.8 Å². The maximum absolute atomic E-state index is 12.1. The summed E-state index contributed by atoms with van der Waals surface area (Å²) in [6.07, 6.45) is 13.0. The van der Waals surface area contributed by atoms with Gasteiger partial charge in [-0.2, -0.15) is 5.10 Å². The molecule has 168 valence electrons. The van der Waals surface area contributed by atoms with Crippen molar-refractivity contribution in [1.29, 1.82) is 0 Å². The SMILES string of the molecule is CCCCCCCCCCCC(=O)NN=C(C)c1cccc(NC(=O)c2ccco2)c1. The van der Waals surface area contributed by atoms with Gasteiger partial charge in [-0.15, -0.1) is 0 Å². The Morgan fingerprint density at radius 2 is 1.65 bits per heavy atom. The van der Waals surface area contributed by atoms with E-state index in [9.17, 15) is 9.59 Å². The summed E-state index contributed by atoms with van der Waals surface area (Å²) in [6.45, 7) is 4.06. The van der Waals surface area contributed by atoms with E-state index < -0.39 is 0 Å². The van der Waals surface area contributed by atoms with Crippen LogP contribution in [0, 0.1) is 0 Å². The summed E-state index contributed by atoms with van der Waals surface area (Å²) in [5.41, 5.74) is 4.76. The molecule has 2 rings (SSSR count). The number of hydrogen-bond donors (Lipinski definition) is 2. The average Bonchev–Trinajstić information content (AvgIpc) is 3.32. The maximum atomic E-state index is 12.1. The fraction of sp³-hybridized carbons (Fsp3) is 0.480. The summed E-state index contributed by atoms with van der Waals surface area (Å²) in [5.74, 6) is -0.130. The molecule has 2 aromatic rings. The lowest BCUT2D eigenvalue weighted by atomic mass is 10.1. The highest BCUT2D eigenvalue weighted by Gasteiger charge is 2.09. The van der Waals surface area contributed by atoms with Gasteiger partial charge >= 0.3 is 0 Å². The van der Waals surface area contributed by atoms with Crippen molar-refractivity contribution >= 4 is 23.2 Å². The Morgan fingerprint density at radius 3 is 2.32 bits per heavy atom. The molecule has 2 amide bonds. The van der Waals surface area contributed by atoms with Crippen LogP contribution in [0.4, 0.5) is 5.69 Å². The first kappa shape index (κ1) is 24.4. The van der Waals surface area contributed by atoms with Crippen molar-refractivity contribution < 1.29 is 14.0 Å².